The van der Waals surface area contributed by atoms with Crippen LogP contribution < -0.4 is 0 Å². The second-order valence-corrected chi connectivity index (χ2v) is 3.99. The van der Waals surface area contributed by atoms with Crippen LogP contribution >= 0.6 is 0 Å². The van der Waals surface area contributed by atoms with Gasteiger partial charge in [0, 0.05) is 6.61 Å². The second-order valence-electron chi connectivity index (χ2n) is 3.99. The first kappa shape index (κ1) is 14.7. The fourth-order valence-electron chi connectivity index (χ4n) is 1.40. The Morgan fingerprint density at radius 3 is 2.78 bits per heavy atom. The number of unbranched alkanes of at least 4 members (excludes halogenated alkanes) is 1. The highest BCUT2D eigenvalue weighted by molar-refractivity contribution is 5.84. The maximum Gasteiger partial charge on any atom is 0.371 e. The smallest absolute Gasteiger partial charge is 0.371 e. The first-order chi connectivity index (χ1) is 8.65. The average molecular weight is 256 g/mol. The van der Waals surface area contributed by atoms with Gasteiger partial charge in [0.05, 0.1) is 13.2 Å². The molecule has 0 fully saturated rings. The van der Waals surface area contributed by atoms with Gasteiger partial charge in [-0.3, -0.25) is 0 Å². The molecule has 1 aromatic rings. The second kappa shape index (κ2) is 7.89. The van der Waals surface area contributed by atoms with Crippen molar-refractivity contribution in [1.82, 2.24) is 0 Å². The molecule has 0 aliphatic rings. The molecule has 18 heavy (non-hydrogen) atoms. The van der Waals surface area contributed by atoms with Crippen LogP contribution in [0.25, 0.3) is 0 Å². The Morgan fingerprint density at radius 2 is 2.17 bits per heavy atom. The van der Waals surface area contributed by atoms with Gasteiger partial charge in [-0.1, -0.05) is 13.3 Å². The lowest BCUT2D eigenvalue weighted by atomic mass is 10.3. The van der Waals surface area contributed by atoms with Gasteiger partial charge in [-0.05, 0) is 25.5 Å². The van der Waals surface area contributed by atoms with Crippen LogP contribution in [-0.2, 0) is 9.47 Å². The minimum absolute atomic E-state index is 0.0698. The summed E-state index contributed by atoms with van der Waals surface area (Å²) in [6.45, 7) is 5.68. The van der Waals surface area contributed by atoms with E-state index in [0.29, 0.717) is 19.0 Å². The van der Waals surface area contributed by atoms with Crippen LogP contribution in [0.1, 0.15) is 49.1 Å². The Kier molecular flexibility index (Phi) is 6.46. The maximum atomic E-state index is 10.6. The molecule has 0 saturated heterocycles. The number of rotatable bonds is 9. The summed E-state index contributed by atoms with van der Waals surface area (Å²) in [4.78, 5) is 10.6. The average Bonchev–Trinajstić information content (AvgIpc) is 2.83. The summed E-state index contributed by atoms with van der Waals surface area (Å²) >= 11 is 0. The molecule has 0 radical (unpaired) electrons. The zero-order chi connectivity index (χ0) is 13.4. The van der Waals surface area contributed by atoms with Crippen molar-refractivity contribution in [1.29, 1.82) is 0 Å². The molecule has 1 atom stereocenters. The van der Waals surface area contributed by atoms with E-state index in [1.54, 1.807) is 6.07 Å². The minimum Gasteiger partial charge on any atom is -0.475 e. The zero-order valence-corrected chi connectivity index (χ0v) is 10.8. The van der Waals surface area contributed by atoms with Crippen LogP contribution in [0.15, 0.2) is 16.5 Å². The van der Waals surface area contributed by atoms with E-state index < -0.39 is 5.97 Å². The van der Waals surface area contributed by atoms with Crippen molar-refractivity contribution < 1.29 is 23.8 Å². The molecule has 0 spiro atoms. The van der Waals surface area contributed by atoms with E-state index in [-0.39, 0.29) is 11.9 Å². The van der Waals surface area contributed by atoms with Gasteiger partial charge in [0.15, 0.2) is 0 Å². The predicted molar refractivity (Wildman–Crippen MR) is 65.8 cm³/mol. The number of hydrogen-bond acceptors (Lipinski definition) is 4. The van der Waals surface area contributed by atoms with Crippen LogP contribution in [-0.4, -0.2) is 30.9 Å². The number of carboxylic acid groups (broad SMARTS) is 1. The van der Waals surface area contributed by atoms with E-state index in [2.05, 4.69) is 6.92 Å². The van der Waals surface area contributed by atoms with Crippen molar-refractivity contribution in [2.24, 2.45) is 0 Å². The number of aromatic carboxylic acids is 1. The van der Waals surface area contributed by atoms with Crippen molar-refractivity contribution in [3.05, 3.63) is 23.7 Å². The van der Waals surface area contributed by atoms with Crippen LogP contribution in [0.2, 0.25) is 0 Å². The fourth-order valence-corrected chi connectivity index (χ4v) is 1.40. The van der Waals surface area contributed by atoms with Crippen molar-refractivity contribution in [3.8, 4) is 0 Å². The summed E-state index contributed by atoms with van der Waals surface area (Å²) in [5.41, 5.74) is 0. The van der Waals surface area contributed by atoms with Gasteiger partial charge in [-0.15, -0.1) is 0 Å². The van der Waals surface area contributed by atoms with E-state index in [0.717, 1.165) is 19.4 Å². The third-order valence-electron chi connectivity index (χ3n) is 2.48. The summed E-state index contributed by atoms with van der Waals surface area (Å²) in [5, 5.41) is 8.72. The highest BCUT2D eigenvalue weighted by Gasteiger charge is 2.14. The molecule has 1 aromatic heterocycles. The molecule has 0 aliphatic carbocycles. The first-order valence-corrected chi connectivity index (χ1v) is 6.17. The van der Waals surface area contributed by atoms with Crippen LogP contribution in [0.3, 0.4) is 0 Å². The van der Waals surface area contributed by atoms with Crippen molar-refractivity contribution in [3.63, 3.8) is 0 Å². The van der Waals surface area contributed by atoms with Crippen LogP contribution in [0, 0.1) is 0 Å². The molecule has 0 aromatic carbocycles. The summed E-state index contributed by atoms with van der Waals surface area (Å²) < 4.78 is 16.0. The molecule has 5 heteroatoms. The number of carbonyl (C=O) groups is 1. The van der Waals surface area contributed by atoms with Gasteiger partial charge in [-0.2, -0.15) is 0 Å². The topological polar surface area (TPSA) is 68.9 Å². The molecule has 102 valence electrons. The van der Waals surface area contributed by atoms with Crippen molar-refractivity contribution >= 4 is 5.97 Å². The highest BCUT2D eigenvalue weighted by Crippen LogP contribution is 2.19. The minimum atomic E-state index is -1.07. The van der Waals surface area contributed by atoms with Crippen LogP contribution in [0.5, 0.6) is 0 Å². The van der Waals surface area contributed by atoms with Gasteiger partial charge < -0.3 is 19.0 Å². The molecule has 1 heterocycles. The Labute approximate surface area is 107 Å². The molecule has 1 unspecified atom stereocenters. The summed E-state index contributed by atoms with van der Waals surface area (Å²) in [6, 6.07) is 3.04. The largest absolute Gasteiger partial charge is 0.475 e. The van der Waals surface area contributed by atoms with Crippen molar-refractivity contribution in [2.75, 3.05) is 19.8 Å². The van der Waals surface area contributed by atoms with E-state index in [4.69, 9.17) is 19.0 Å². The standard InChI is InChI=1S/C13H20O5/c1-3-4-7-16-8-9-17-10(2)11-5-6-12(18-11)13(14)15/h5-6,10H,3-4,7-9H2,1-2H3,(H,14,15). The molecule has 0 aliphatic heterocycles. The Balaban J connectivity index is 2.23. The van der Waals surface area contributed by atoms with E-state index in [1.165, 1.54) is 6.07 Å². The molecular formula is C13H20O5. The van der Waals surface area contributed by atoms with E-state index in [1.807, 2.05) is 6.92 Å². The number of ether oxygens (including phenoxy) is 2. The molecule has 0 bridgehead atoms. The van der Waals surface area contributed by atoms with Gasteiger partial charge in [0.2, 0.25) is 5.76 Å². The van der Waals surface area contributed by atoms with Crippen molar-refractivity contribution in [2.45, 2.75) is 32.8 Å². The monoisotopic (exact) mass is 256 g/mol. The molecular weight excluding hydrogens is 236 g/mol. The number of carboxylic acids is 1. The lowest BCUT2D eigenvalue weighted by molar-refractivity contribution is 0.00215. The third kappa shape index (κ3) is 4.89. The Bertz CT molecular complexity index is 358. The third-order valence-corrected chi connectivity index (χ3v) is 2.48. The molecule has 0 saturated carbocycles. The lowest BCUT2D eigenvalue weighted by Crippen LogP contribution is -2.07. The highest BCUT2D eigenvalue weighted by atomic mass is 16.5. The van der Waals surface area contributed by atoms with Gasteiger partial charge in [0.25, 0.3) is 0 Å². The number of hydrogen-bond donors (Lipinski definition) is 1. The van der Waals surface area contributed by atoms with Gasteiger partial charge >= 0.3 is 5.97 Å². The van der Waals surface area contributed by atoms with E-state index in [9.17, 15) is 4.79 Å². The normalized spacial score (nSPS) is 12.6. The summed E-state index contributed by atoms with van der Waals surface area (Å²) in [5.74, 6) is -0.628. The quantitative estimate of drug-likeness (QED) is 0.688. The summed E-state index contributed by atoms with van der Waals surface area (Å²) in [7, 11) is 0. The molecule has 0 amide bonds. The van der Waals surface area contributed by atoms with Crippen LogP contribution in [0.4, 0.5) is 0 Å². The zero-order valence-electron chi connectivity index (χ0n) is 10.8. The van der Waals surface area contributed by atoms with Gasteiger partial charge in [-0.25, -0.2) is 4.79 Å². The first-order valence-electron chi connectivity index (χ1n) is 6.17. The maximum absolute atomic E-state index is 10.6. The number of furan rings is 1. The SMILES string of the molecule is CCCCOCCOC(C)c1ccc(C(=O)O)o1. The predicted octanol–water partition coefficient (Wildman–Crippen LogP) is 2.87. The van der Waals surface area contributed by atoms with E-state index >= 15 is 0 Å². The Hall–Kier alpha value is -1.33. The Morgan fingerprint density at radius 1 is 1.39 bits per heavy atom. The fraction of sp³-hybridized carbons (Fsp3) is 0.615. The lowest BCUT2D eigenvalue weighted by Gasteiger charge is -2.10. The molecule has 5 nitrogen and oxygen atoms in total. The molecule has 1 N–H and O–H groups in total. The summed E-state index contributed by atoms with van der Waals surface area (Å²) in [6.07, 6.45) is 1.89. The molecule has 1 rings (SSSR count). The van der Waals surface area contributed by atoms with Gasteiger partial charge in [0.1, 0.15) is 11.9 Å².